The van der Waals surface area contributed by atoms with Crippen molar-refractivity contribution in [3.63, 3.8) is 0 Å². The van der Waals surface area contributed by atoms with Crippen molar-refractivity contribution in [2.24, 2.45) is 11.3 Å². The van der Waals surface area contributed by atoms with Gasteiger partial charge in [-0.05, 0) is 31.7 Å². The zero-order valence-electron chi connectivity index (χ0n) is 11.9. The lowest BCUT2D eigenvalue weighted by atomic mass is 9.75. The zero-order chi connectivity index (χ0) is 13.2. The molecule has 0 aromatic rings. The standard InChI is InChI=1S/C14H26N2O2/c1-11(2)14(6-7-15-10-14)13(17)16(3)9-12-5-4-8-18-12/h11-12,15H,4-10H2,1-3H3. The van der Waals surface area contributed by atoms with Crippen LogP contribution in [0.4, 0.5) is 0 Å². The van der Waals surface area contributed by atoms with Gasteiger partial charge in [0.1, 0.15) is 0 Å². The van der Waals surface area contributed by atoms with E-state index < -0.39 is 0 Å². The number of nitrogens with one attached hydrogen (secondary N) is 1. The molecule has 104 valence electrons. The van der Waals surface area contributed by atoms with E-state index in [0.29, 0.717) is 5.92 Å². The van der Waals surface area contributed by atoms with Gasteiger partial charge < -0.3 is 15.0 Å². The minimum atomic E-state index is -0.201. The first kappa shape index (κ1) is 13.8. The predicted octanol–water partition coefficient (Wildman–Crippen LogP) is 1.26. The monoisotopic (exact) mass is 254 g/mol. The molecule has 2 rings (SSSR count). The second-order valence-electron chi connectivity index (χ2n) is 6.06. The Bertz CT molecular complexity index is 292. The van der Waals surface area contributed by atoms with Crippen LogP contribution in [0.15, 0.2) is 0 Å². The molecule has 1 N–H and O–H groups in total. The molecule has 0 aromatic carbocycles. The first-order valence-corrected chi connectivity index (χ1v) is 7.14. The van der Waals surface area contributed by atoms with Crippen molar-refractivity contribution in [3.8, 4) is 0 Å². The molecule has 0 aromatic heterocycles. The Hall–Kier alpha value is -0.610. The van der Waals surface area contributed by atoms with E-state index in [1.807, 2.05) is 11.9 Å². The maximum Gasteiger partial charge on any atom is 0.230 e. The van der Waals surface area contributed by atoms with Crippen LogP contribution in [-0.2, 0) is 9.53 Å². The first-order valence-electron chi connectivity index (χ1n) is 7.14. The third kappa shape index (κ3) is 2.54. The van der Waals surface area contributed by atoms with E-state index in [1.54, 1.807) is 0 Å². The Labute approximate surface area is 110 Å². The molecule has 0 radical (unpaired) electrons. The largest absolute Gasteiger partial charge is 0.376 e. The summed E-state index contributed by atoms with van der Waals surface area (Å²) >= 11 is 0. The van der Waals surface area contributed by atoms with E-state index in [2.05, 4.69) is 19.2 Å². The summed E-state index contributed by atoms with van der Waals surface area (Å²) in [6.07, 6.45) is 3.42. The molecule has 2 saturated heterocycles. The normalized spacial score (nSPS) is 32.1. The van der Waals surface area contributed by atoms with Crippen molar-refractivity contribution in [1.29, 1.82) is 0 Å². The number of nitrogens with zero attached hydrogens (tertiary/aromatic N) is 1. The van der Waals surface area contributed by atoms with Gasteiger partial charge in [0.2, 0.25) is 5.91 Å². The number of amides is 1. The topological polar surface area (TPSA) is 41.6 Å². The summed E-state index contributed by atoms with van der Waals surface area (Å²) in [6.45, 7) is 7.68. The number of hydrogen-bond donors (Lipinski definition) is 1. The average Bonchev–Trinajstić information content (AvgIpc) is 2.98. The number of carbonyl (C=O) groups excluding carboxylic acids is 1. The molecule has 2 atom stereocenters. The smallest absolute Gasteiger partial charge is 0.230 e. The molecule has 2 fully saturated rings. The number of likely N-dealkylation sites (N-methyl/N-ethyl adjacent to an activating group) is 1. The highest BCUT2D eigenvalue weighted by atomic mass is 16.5. The average molecular weight is 254 g/mol. The van der Waals surface area contributed by atoms with Crippen molar-refractivity contribution in [1.82, 2.24) is 10.2 Å². The SMILES string of the molecule is CC(C)C1(C(=O)N(C)CC2CCCO2)CCNC1. The summed E-state index contributed by atoms with van der Waals surface area (Å²) in [5, 5.41) is 3.35. The Morgan fingerprint density at radius 1 is 1.56 bits per heavy atom. The zero-order valence-corrected chi connectivity index (χ0v) is 11.9. The van der Waals surface area contributed by atoms with Crippen LogP contribution in [0.5, 0.6) is 0 Å². The van der Waals surface area contributed by atoms with Crippen LogP contribution < -0.4 is 5.32 Å². The Kier molecular flexibility index (Phi) is 4.28. The minimum Gasteiger partial charge on any atom is -0.376 e. The van der Waals surface area contributed by atoms with E-state index >= 15 is 0 Å². The molecule has 2 unspecified atom stereocenters. The van der Waals surface area contributed by atoms with Gasteiger partial charge in [-0.1, -0.05) is 13.8 Å². The van der Waals surface area contributed by atoms with Crippen molar-refractivity contribution < 1.29 is 9.53 Å². The van der Waals surface area contributed by atoms with Crippen LogP contribution in [0.1, 0.15) is 33.1 Å². The molecule has 0 spiro atoms. The fourth-order valence-corrected chi connectivity index (χ4v) is 3.19. The maximum absolute atomic E-state index is 12.7. The molecule has 0 bridgehead atoms. The van der Waals surface area contributed by atoms with E-state index in [4.69, 9.17) is 4.74 Å². The number of rotatable bonds is 4. The molecular weight excluding hydrogens is 228 g/mol. The molecule has 2 aliphatic heterocycles. The highest BCUT2D eigenvalue weighted by molar-refractivity contribution is 5.83. The van der Waals surface area contributed by atoms with Gasteiger partial charge in [0.15, 0.2) is 0 Å². The van der Waals surface area contributed by atoms with Gasteiger partial charge in [0.05, 0.1) is 11.5 Å². The summed E-state index contributed by atoms with van der Waals surface area (Å²) in [5.74, 6) is 0.671. The maximum atomic E-state index is 12.7. The lowest BCUT2D eigenvalue weighted by molar-refractivity contribution is -0.143. The van der Waals surface area contributed by atoms with Crippen LogP contribution in [0.3, 0.4) is 0 Å². The Balaban J connectivity index is 1.99. The van der Waals surface area contributed by atoms with Crippen LogP contribution in [0.25, 0.3) is 0 Å². The van der Waals surface area contributed by atoms with Gasteiger partial charge in [-0.2, -0.15) is 0 Å². The number of ether oxygens (including phenoxy) is 1. The first-order chi connectivity index (χ1) is 8.56. The highest BCUT2D eigenvalue weighted by Gasteiger charge is 2.45. The summed E-state index contributed by atoms with van der Waals surface area (Å²) in [5.41, 5.74) is -0.201. The molecule has 0 saturated carbocycles. The van der Waals surface area contributed by atoms with Gasteiger partial charge in [-0.25, -0.2) is 0 Å². The lowest BCUT2D eigenvalue weighted by Gasteiger charge is -2.35. The van der Waals surface area contributed by atoms with Crippen molar-refractivity contribution in [3.05, 3.63) is 0 Å². The van der Waals surface area contributed by atoms with Crippen LogP contribution in [-0.4, -0.2) is 50.2 Å². The second kappa shape index (κ2) is 5.57. The number of carbonyl (C=O) groups is 1. The molecule has 4 nitrogen and oxygen atoms in total. The van der Waals surface area contributed by atoms with Gasteiger partial charge in [-0.15, -0.1) is 0 Å². The molecular formula is C14H26N2O2. The minimum absolute atomic E-state index is 0.201. The molecule has 2 aliphatic rings. The fourth-order valence-electron chi connectivity index (χ4n) is 3.19. The quantitative estimate of drug-likeness (QED) is 0.821. The van der Waals surface area contributed by atoms with E-state index in [-0.39, 0.29) is 17.4 Å². The van der Waals surface area contributed by atoms with Crippen LogP contribution in [0, 0.1) is 11.3 Å². The third-order valence-corrected chi connectivity index (χ3v) is 4.57. The molecule has 1 amide bonds. The number of hydrogen-bond acceptors (Lipinski definition) is 3. The van der Waals surface area contributed by atoms with E-state index in [0.717, 1.165) is 45.5 Å². The van der Waals surface area contributed by atoms with Gasteiger partial charge in [-0.3, -0.25) is 4.79 Å². The Morgan fingerprint density at radius 3 is 2.83 bits per heavy atom. The summed E-state index contributed by atoms with van der Waals surface area (Å²) < 4.78 is 5.62. The molecule has 4 heteroatoms. The molecule has 2 heterocycles. The van der Waals surface area contributed by atoms with E-state index in [9.17, 15) is 4.79 Å². The predicted molar refractivity (Wildman–Crippen MR) is 71.4 cm³/mol. The van der Waals surface area contributed by atoms with E-state index in [1.165, 1.54) is 0 Å². The van der Waals surface area contributed by atoms with Crippen LogP contribution >= 0.6 is 0 Å². The van der Waals surface area contributed by atoms with Gasteiger partial charge in [0.25, 0.3) is 0 Å². The fraction of sp³-hybridized carbons (Fsp3) is 0.929. The van der Waals surface area contributed by atoms with Gasteiger partial charge in [0, 0.05) is 26.7 Å². The lowest BCUT2D eigenvalue weighted by Crippen LogP contribution is -2.48. The van der Waals surface area contributed by atoms with Crippen molar-refractivity contribution in [2.75, 3.05) is 33.3 Å². The van der Waals surface area contributed by atoms with Crippen molar-refractivity contribution >= 4 is 5.91 Å². The van der Waals surface area contributed by atoms with Gasteiger partial charge >= 0.3 is 0 Å². The summed E-state index contributed by atoms with van der Waals surface area (Å²) in [7, 11) is 1.92. The van der Waals surface area contributed by atoms with Crippen molar-refractivity contribution in [2.45, 2.75) is 39.2 Å². The highest BCUT2D eigenvalue weighted by Crippen LogP contribution is 2.36. The Morgan fingerprint density at radius 2 is 2.33 bits per heavy atom. The summed E-state index contributed by atoms with van der Waals surface area (Å²) in [6, 6.07) is 0. The summed E-state index contributed by atoms with van der Waals surface area (Å²) in [4.78, 5) is 14.6. The van der Waals surface area contributed by atoms with Crippen LogP contribution in [0.2, 0.25) is 0 Å². The third-order valence-electron chi connectivity index (χ3n) is 4.57. The second-order valence-corrected chi connectivity index (χ2v) is 6.06. The molecule has 0 aliphatic carbocycles. The molecule has 18 heavy (non-hydrogen) atoms.